The molecule has 1 fully saturated rings. The fraction of sp³-hybridized carbons (Fsp3) is 0.667. The minimum atomic E-state index is -4.32. The Kier molecular flexibility index (Phi) is 6.69. The van der Waals surface area contributed by atoms with Crippen molar-refractivity contribution in [3.05, 3.63) is 16.7 Å². The van der Waals surface area contributed by atoms with Crippen LogP contribution in [0.1, 0.15) is 19.6 Å². The van der Waals surface area contributed by atoms with Crippen LogP contribution >= 0.6 is 7.82 Å². The summed E-state index contributed by atoms with van der Waals surface area (Å²) in [5.41, 5.74) is 5.42. The second-order valence-corrected chi connectivity index (χ2v) is 7.81. The molecule has 13 nitrogen and oxygen atoms in total. The molecule has 0 bridgehead atoms. The number of nitrogen functional groups attached to an aromatic ring is 1. The van der Waals surface area contributed by atoms with Crippen molar-refractivity contribution in [1.82, 2.24) is 19.5 Å². The Bertz CT molecular complexity index is 948. The van der Waals surface area contributed by atoms with E-state index in [0.29, 0.717) is 6.42 Å². The number of ether oxygens (including phenoxy) is 3. The zero-order valence-corrected chi connectivity index (χ0v) is 17.1. The number of hydrogen-bond acceptors (Lipinski definition) is 10. The number of phosphoric ester groups is 1. The van der Waals surface area contributed by atoms with E-state index in [-0.39, 0.29) is 30.3 Å². The van der Waals surface area contributed by atoms with Gasteiger partial charge in [-0.15, -0.1) is 0 Å². The molecule has 4 N–H and O–H groups in total. The number of nitrogens with zero attached hydrogens (tertiary/aromatic N) is 3. The molecule has 3 rings (SSSR count). The molecule has 0 saturated carbocycles. The highest BCUT2D eigenvalue weighted by molar-refractivity contribution is 7.47. The Morgan fingerprint density at radius 1 is 1.38 bits per heavy atom. The number of fused-ring (bicyclic) bond motifs is 1. The third kappa shape index (κ3) is 4.51. The van der Waals surface area contributed by atoms with E-state index in [1.54, 1.807) is 0 Å². The van der Waals surface area contributed by atoms with E-state index < -0.39 is 37.9 Å². The molecule has 2 aromatic rings. The number of methoxy groups -OCH3 is 1. The average Bonchev–Trinajstić information content (AvgIpc) is 3.23. The number of H-pyrrole nitrogens is 1. The van der Waals surface area contributed by atoms with Gasteiger partial charge in [-0.25, -0.2) is 9.55 Å². The maximum atomic E-state index is 12.1. The van der Waals surface area contributed by atoms with Crippen molar-refractivity contribution >= 4 is 24.9 Å². The summed E-state index contributed by atoms with van der Waals surface area (Å²) in [4.78, 5) is 32.5. The lowest BCUT2D eigenvalue weighted by Gasteiger charge is -2.25. The van der Waals surface area contributed by atoms with Crippen molar-refractivity contribution in [2.45, 2.75) is 37.9 Å². The standard InChI is InChI=1S/C15H24N5O8P/c1-4-8-10(28-29(22,23)25-3)11(26-6-5-24-2)14(27-8)20-7-17-9-12(20)18-15(16)19-13(9)21/h7-8,10-11,14H,4-6H2,1-3H3,(H,22,23)(H3,16,18,19,21)/t8-,10?,11?,14-/m1/s1. The van der Waals surface area contributed by atoms with Gasteiger partial charge in [-0.2, -0.15) is 4.98 Å². The van der Waals surface area contributed by atoms with E-state index in [1.807, 2.05) is 6.92 Å². The highest BCUT2D eigenvalue weighted by Gasteiger charge is 2.49. The molecule has 0 amide bonds. The molecule has 5 atom stereocenters. The summed E-state index contributed by atoms with van der Waals surface area (Å²) in [6.07, 6.45) is -1.40. The largest absolute Gasteiger partial charge is 0.472 e. The van der Waals surface area contributed by atoms with Gasteiger partial charge in [0.1, 0.15) is 12.2 Å². The molecule has 1 aliphatic heterocycles. The smallest absolute Gasteiger partial charge is 0.382 e. The molecule has 1 aliphatic rings. The van der Waals surface area contributed by atoms with Crippen LogP contribution < -0.4 is 11.3 Å². The second-order valence-electron chi connectivity index (χ2n) is 6.30. The van der Waals surface area contributed by atoms with Crippen molar-refractivity contribution in [3.8, 4) is 0 Å². The number of rotatable bonds is 9. The predicted octanol–water partition coefficient (Wildman–Crippen LogP) is 0.173. The third-order valence-electron chi connectivity index (χ3n) is 4.50. The lowest BCUT2D eigenvalue weighted by molar-refractivity contribution is -0.0761. The minimum Gasteiger partial charge on any atom is -0.382 e. The van der Waals surface area contributed by atoms with Gasteiger partial charge in [0.05, 0.1) is 25.6 Å². The fourth-order valence-electron chi connectivity index (χ4n) is 3.16. The Hall–Kier alpha value is -1.86. The van der Waals surface area contributed by atoms with Crippen molar-refractivity contribution < 1.29 is 32.7 Å². The molecule has 0 spiro atoms. The van der Waals surface area contributed by atoms with Gasteiger partial charge in [-0.1, -0.05) is 6.92 Å². The van der Waals surface area contributed by atoms with Crippen LogP contribution in [0.5, 0.6) is 0 Å². The first-order valence-electron chi connectivity index (χ1n) is 8.86. The van der Waals surface area contributed by atoms with Gasteiger partial charge < -0.3 is 24.8 Å². The maximum Gasteiger partial charge on any atom is 0.472 e. The monoisotopic (exact) mass is 433 g/mol. The fourth-order valence-corrected chi connectivity index (χ4v) is 3.81. The molecule has 3 unspecified atom stereocenters. The van der Waals surface area contributed by atoms with Crippen LogP contribution in [0.2, 0.25) is 0 Å². The number of phosphoric acid groups is 1. The van der Waals surface area contributed by atoms with Crippen LogP contribution in [0.25, 0.3) is 11.2 Å². The number of nitrogens with one attached hydrogen (secondary N) is 1. The summed E-state index contributed by atoms with van der Waals surface area (Å²) in [5.74, 6) is -0.0850. The Morgan fingerprint density at radius 2 is 2.14 bits per heavy atom. The molecule has 0 aromatic carbocycles. The highest BCUT2D eigenvalue weighted by atomic mass is 31.2. The second kappa shape index (κ2) is 8.88. The Labute approximate surface area is 165 Å². The van der Waals surface area contributed by atoms with Gasteiger partial charge in [-0.05, 0) is 6.42 Å². The average molecular weight is 433 g/mol. The summed E-state index contributed by atoms with van der Waals surface area (Å²) in [5, 5.41) is 0. The van der Waals surface area contributed by atoms with Gasteiger partial charge >= 0.3 is 7.82 Å². The lowest BCUT2D eigenvalue weighted by Crippen LogP contribution is -2.36. The molecule has 1 saturated heterocycles. The molecular formula is C15H24N5O8P. The first kappa shape index (κ1) is 21.8. The zero-order valence-electron chi connectivity index (χ0n) is 16.2. The first-order chi connectivity index (χ1) is 13.8. The van der Waals surface area contributed by atoms with E-state index in [4.69, 9.17) is 24.5 Å². The van der Waals surface area contributed by atoms with E-state index in [9.17, 15) is 14.3 Å². The van der Waals surface area contributed by atoms with Crippen LogP contribution in [0.4, 0.5) is 5.95 Å². The van der Waals surface area contributed by atoms with E-state index >= 15 is 0 Å². The van der Waals surface area contributed by atoms with Gasteiger partial charge in [0.15, 0.2) is 17.4 Å². The van der Waals surface area contributed by atoms with E-state index in [0.717, 1.165) is 7.11 Å². The molecular weight excluding hydrogens is 409 g/mol. The van der Waals surface area contributed by atoms with Crippen LogP contribution in [0, 0.1) is 0 Å². The molecule has 29 heavy (non-hydrogen) atoms. The number of nitrogens with two attached hydrogens (primary N) is 1. The summed E-state index contributed by atoms with van der Waals surface area (Å²) in [7, 11) is -1.74. The minimum absolute atomic E-state index is 0.0700. The molecule has 2 aromatic heterocycles. The summed E-state index contributed by atoms with van der Waals surface area (Å²) >= 11 is 0. The summed E-state index contributed by atoms with van der Waals surface area (Å²) < 4.78 is 40.3. The van der Waals surface area contributed by atoms with E-state index in [1.165, 1.54) is 18.0 Å². The van der Waals surface area contributed by atoms with Crippen LogP contribution in [-0.4, -0.2) is 70.2 Å². The SMILES string of the molecule is CC[C@H]1O[C@@H](n2cnc3c(=O)[nH]c(N)nc32)C(OCCOC)C1OP(=O)(O)OC. The quantitative estimate of drug-likeness (QED) is 0.363. The number of aromatic nitrogens is 4. The number of anilines is 1. The topological polar surface area (TPSA) is 173 Å². The predicted molar refractivity (Wildman–Crippen MR) is 100 cm³/mol. The summed E-state index contributed by atoms with van der Waals surface area (Å²) in [6, 6.07) is 0. The Morgan fingerprint density at radius 3 is 2.79 bits per heavy atom. The van der Waals surface area contributed by atoms with Crippen molar-refractivity contribution in [3.63, 3.8) is 0 Å². The van der Waals surface area contributed by atoms with Crippen LogP contribution in [-0.2, 0) is 27.8 Å². The van der Waals surface area contributed by atoms with E-state index in [2.05, 4.69) is 19.5 Å². The summed E-state index contributed by atoms with van der Waals surface area (Å²) in [6.45, 7) is 2.28. The van der Waals surface area contributed by atoms with Gasteiger partial charge in [0.2, 0.25) is 5.95 Å². The zero-order chi connectivity index (χ0) is 21.2. The maximum absolute atomic E-state index is 12.1. The van der Waals surface area contributed by atoms with Gasteiger partial charge in [-0.3, -0.25) is 23.4 Å². The lowest BCUT2D eigenvalue weighted by atomic mass is 10.1. The third-order valence-corrected chi connectivity index (χ3v) is 5.47. The number of hydrogen-bond donors (Lipinski definition) is 3. The van der Waals surface area contributed by atoms with Crippen LogP contribution in [0.15, 0.2) is 11.1 Å². The van der Waals surface area contributed by atoms with Crippen molar-refractivity contribution in [2.24, 2.45) is 0 Å². The van der Waals surface area contributed by atoms with Gasteiger partial charge in [0.25, 0.3) is 5.56 Å². The molecule has 14 heteroatoms. The Balaban J connectivity index is 2.02. The number of imidazole rings is 1. The number of aromatic amines is 1. The van der Waals surface area contributed by atoms with Crippen LogP contribution in [0.3, 0.4) is 0 Å². The first-order valence-corrected chi connectivity index (χ1v) is 10.4. The molecule has 0 aliphatic carbocycles. The molecule has 162 valence electrons. The molecule has 0 radical (unpaired) electrons. The van der Waals surface area contributed by atoms with Gasteiger partial charge in [0, 0.05) is 14.2 Å². The molecule has 3 heterocycles. The van der Waals surface area contributed by atoms with Crippen molar-refractivity contribution in [2.75, 3.05) is 33.2 Å². The normalized spacial score (nSPS) is 26.8. The highest BCUT2D eigenvalue weighted by Crippen LogP contribution is 2.48. The van der Waals surface area contributed by atoms with Crippen molar-refractivity contribution in [1.29, 1.82) is 0 Å².